The minimum Gasteiger partial charge on any atom is -0.481 e. The maximum atomic E-state index is 11.1. The first-order valence-electron chi connectivity index (χ1n) is 4.09. The molecular formula is C8H10ClN3O3. The van der Waals surface area contributed by atoms with Crippen LogP contribution in [-0.4, -0.2) is 35.1 Å². The van der Waals surface area contributed by atoms with E-state index in [1.165, 1.54) is 0 Å². The van der Waals surface area contributed by atoms with E-state index in [4.69, 9.17) is 16.7 Å². The first-order chi connectivity index (χ1) is 6.91. The van der Waals surface area contributed by atoms with Gasteiger partial charge in [0.25, 0.3) is 0 Å². The monoisotopic (exact) mass is 231 g/mol. The third-order valence-corrected chi connectivity index (χ3v) is 2.08. The van der Waals surface area contributed by atoms with E-state index in [1.54, 1.807) is 19.0 Å². The number of aromatic nitrogens is 2. The Bertz CT molecular complexity index is 441. The van der Waals surface area contributed by atoms with Gasteiger partial charge in [-0.05, 0) is 0 Å². The molecule has 0 fully saturated rings. The fraction of sp³-hybridized carbons (Fsp3) is 0.375. The molecule has 15 heavy (non-hydrogen) atoms. The summed E-state index contributed by atoms with van der Waals surface area (Å²) in [5, 5.41) is 8.75. The van der Waals surface area contributed by atoms with Gasteiger partial charge in [-0.25, -0.2) is 4.79 Å². The molecule has 0 aliphatic rings. The highest BCUT2D eigenvalue weighted by Gasteiger charge is 2.14. The van der Waals surface area contributed by atoms with Crippen LogP contribution in [0.4, 0.5) is 5.82 Å². The molecular weight excluding hydrogens is 222 g/mol. The smallest absolute Gasteiger partial charge is 0.347 e. The molecule has 1 rings (SSSR count). The van der Waals surface area contributed by atoms with Gasteiger partial charge in [0, 0.05) is 14.1 Å². The van der Waals surface area contributed by atoms with Crippen LogP contribution in [0.5, 0.6) is 0 Å². The van der Waals surface area contributed by atoms with E-state index in [1.807, 2.05) is 0 Å². The molecule has 7 heteroatoms. The maximum Gasteiger partial charge on any atom is 0.347 e. The van der Waals surface area contributed by atoms with E-state index < -0.39 is 11.7 Å². The molecule has 0 saturated heterocycles. The summed E-state index contributed by atoms with van der Waals surface area (Å²) in [4.78, 5) is 29.1. The highest BCUT2D eigenvalue weighted by atomic mass is 35.5. The highest BCUT2D eigenvalue weighted by Crippen LogP contribution is 2.22. The molecule has 0 aromatic carbocycles. The maximum absolute atomic E-state index is 11.1. The fourth-order valence-corrected chi connectivity index (χ4v) is 1.39. The first kappa shape index (κ1) is 11.5. The molecule has 2 N–H and O–H groups in total. The van der Waals surface area contributed by atoms with Gasteiger partial charge in [0.15, 0.2) is 5.82 Å². The van der Waals surface area contributed by atoms with Crippen molar-refractivity contribution in [1.82, 2.24) is 9.97 Å². The summed E-state index contributed by atoms with van der Waals surface area (Å²) in [6.07, 6.45) is -0.336. The van der Waals surface area contributed by atoms with Gasteiger partial charge in [-0.1, -0.05) is 11.6 Å². The Hall–Kier alpha value is -1.56. The van der Waals surface area contributed by atoms with Crippen molar-refractivity contribution >= 4 is 23.4 Å². The van der Waals surface area contributed by atoms with Gasteiger partial charge in [-0.15, -0.1) is 0 Å². The minimum absolute atomic E-state index is 0.155. The average Bonchev–Trinajstić information content (AvgIpc) is 2.09. The number of nitrogens with one attached hydrogen (secondary N) is 1. The van der Waals surface area contributed by atoms with Crippen LogP contribution in [0, 0.1) is 0 Å². The van der Waals surface area contributed by atoms with Crippen LogP contribution in [0.2, 0.25) is 5.02 Å². The van der Waals surface area contributed by atoms with Crippen molar-refractivity contribution in [3.63, 3.8) is 0 Å². The number of nitrogens with zero attached hydrogens (tertiary/aromatic N) is 2. The number of aliphatic carboxylic acids is 1. The van der Waals surface area contributed by atoms with Gasteiger partial charge in [0.2, 0.25) is 0 Å². The van der Waals surface area contributed by atoms with Crippen molar-refractivity contribution in [2.75, 3.05) is 19.0 Å². The Balaban J connectivity index is 3.28. The predicted octanol–water partition coefficient (Wildman–Crippen LogP) is 0.116. The van der Waals surface area contributed by atoms with Crippen molar-refractivity contribution < 1.29 is 9.90 Å². The molecule has 0 unspecified atom stereocenters. The molecule has 0 aliphatic carbocycles. The Morgan fingerprint density at radius 3 is 2.67 bits per heavy atom. The van der Waals surface area contributed by atoms with Crippen LogP contribution in [-0.2, 0) is 11.2 Å². The second kappa shape index (κ2) is 4.31. The van der Waals surface area contributed by atoms with E-state index >= 15 is 0 Å². The molecule has 0 spiro atoms. The lowest BCUT2D eigenvalue weighted by Crippen LogP contribution is -2.22. The van der Waals surface area contributed by atoms with E-state index in [0.29, 0.717) is 0 Å². The molecule has 0 bridgehead atoms. The fourth-order valence-electron chi connectivity index (χ4n) is 1.06. The third-order valence-electron chi connectivity index (χ3n) is 1.68. The second-order valence-corrected chi connectivity index (χ2v) is 3.50. The lowest BCUT2D eigenvalue weighted by Gasteiger charge is -2.13. The van der Waals surface area contributed by atoms with Gasteiger partial charge >= 0.3 is 11.7 Å². The topological polar surface area (TPSA) is 86.3 Å². The zero-order chi connectivity index (χ0) is 11.6. The highest BCUT2D eigenvalue weighted by molar-refractivity contribution is 6.33. The van der Waals surface area contributed by atoms with Gasteiger partial charge in [-0.2, -0.15) is 4.98 Å². The summed E-state index contributed by atoms with van der Waals surface area (Å²) in [6, 6.07) is 0. The van der Waals surface area contributed by atoms with Crippen molar-refractivity contribution in [3.8, 4) is 0 Å². The molecule has 1 aromatic rings. The van der Waals surface area contributed by atoms with Crippen molar-refractivity contribution in [3.05, 3.63) is 21.2 Å². The number of carboxylic acid groups (broad SMARTS) is 1. The van der Waals surface area contributed by atoms with Gasteiger partial charge in [0.05, 0.1) is 12.1 Å². The van der Waals surface area contributed by atoms with Crippen LogP contribution >= 0.6 is 11.6 Å². The Morgan fingerprint density at radius 1 is 1.60 bits per heavy atom. The number of hydrogen-bond acceptors (Lipinski definition) is 4. The molecule has 6 nitrogen and oxygen atoms in total. The largest absolute Gasteiger partial charge is 0.481 e. The summed E-state index contributed by atoms with van der Waals surface area (Å²) < 4.78 is 0. The van der Waals surface area contributed by atoms with E-state index in [0.717, 1.165) is 0 Å². The van der Waals surface area contributed by atoms with Crippen LogP contribution in [0.25, 0.3) is 0 Å². The molecule has 82 valence electrons. The third kappa shape index (κ3) is 2.69. The number of carbonyl (C=O) groups is 1. The van der Waals surface area contributed by atoms with Crippen LogP contribution in [0.3, 0.4) is 0 Å². The average molecular weight is 232 g/mol. The summed E-state index contributed by atoms with van der Waals surface area (Å²) in [7, 11) is 3.33. The molecule has 0 saturated carbocycles. The van der Waals surface area contributed by atoms with Crippen LogP contribution < -0.4 is 10.6 Å². The van der Waals surface area contributed by atoms with Crippen molar-refractivity contribution in [2.45, 2.75) is 6.42 Å². The van der Waals surface area contributed by atoms with Crippen LogP contribution in [0.1, 0.15) is 5.69 Å². The molecule has 0 aliphatic heterocycles. The standard InChI is InChI=1S/C8H10ClN3O3/c1-12(2)7-6(9)4(3-5(13)14)10-8(15)11-7/h3H2,1-2H3,(H,13,14)(H,10,11,15). The summed E-state index contributed by atoms with van der Waals surface area (Å²) in [5.41, 5.74) is -0.452. The van der Waals surface area contributed by atoms with Crippen molar-refractivity contribution in [1.29, 1.82) is 0 Å². The summed E-state index contributed by atoms with van der Waals surface area (Å²) in [6.45, 7) is 0. The molecule has 0 radical (unpaired) electrons. The van der Waals surface area contributed by atoms with E-state index in [2.05, 4.69) is 9.97 Å². The number of hydrogen-bond donors (Lipinski definition) is 2. The SMILES string of the molecule is CN(C)c1nc(=O)[nH]c(CC(=O)O)c1Cl. The quantitative estimate of drug-likeness (QED) is 0.772. The summed E-state index contributed by atoms with van der Waals surface area (Å²) in [5.74, 6) is -0.805. The van der Waals surface area contributed by atoms with Crippen molar-refractivity contribution in [2.24, 2.45) is 0 Å². The Morgan fingerprint density at radius 2 is 2.20 bits per heavy atom. The number of carboxylic acids is 1. The second-order valence-electron chi connectivity index (χ2n) is 3.12. The minimum atomic E-state index is -1.07. The number of rotatable bonds is 3. The lowest BCUT2D eigenvalue weighted by atomic mass is 10.3. The number of anilines is 1. The zero-order valence-electron chi connectivity index (χ0n) is 8.24. The first-order valence-corrected chi connectivity index (χ1v) is 4.47. The van der Waals surface area contributed by atoms with E-state index in [-0.39, 0.29) is 23.0 Å². The molecule has 0 atom stereocenters. The Labute approximate surface area is 90.5 Å². The van der Waals surface area contributed by atoms with Gasteiger partial charge in [-0.3, -0.25) is 4.79 Å². The van der Waals surface area contributed by atoms with Crippen LogP contribution in [0.15, 0.2) is 4.79 Å². The van der Waals surface area contributed by atoms with Gasteiger partial charge in [0.1, 0.15) is 5.02 Å². The zero-order valence-corrected chi connectivity index (χ0v) is 9.00. The predicted molar refractivity (Wildman–Crippen MR) is 55.5 cm³/mol. The lowest BCUT2D eigenvalue weighted by molar-refractivity contribution is -0.136. The molecule has 0 amide bonds. The van der Waals surface area contributed by atoms with Gasteiger partial charge < -0.3 is 15.0 Å². The number of H-pyrrole nitrogens is 1. The normalized spacial score (nSPS) is 10.1. The molecule has 1 heterocycles. The Kier molecular flexibility index (Phi) is 3.31. The van der Waals surface area contributed by atoms with E-state index in [9.17, 15) is 9.59 Å². The number of aromatic amines is 1. The molecule has 1 aromatic heterocycles. The number of halogens is 1. The summed E-state index contributed by atoms with van der Waals surface area (Å²) >= 11 is 5.88.